The van der Waals surface area contributed by atoms with Gasteiger partial charge in [-0.25, -0.2) is 0 Å². The fourth-order valence-corrected chi connectivity index (χ4v) is 2.84. The van der Waals surface area contributed by atoms with E-state index in [1.54, 1.807) is 7.11 Å². The zero-order valence-electron chi connectivity index (χ0n) is 12.3. The zero-order valence-corrected chi connectivity index (χ0v) is 12.3. The molecule has 3 rings (SSSR count). The molecule has 1 aliphatic carbocycles. The third-order valence-corrected chi connectivity index (χ3v) is 3.99. The average molecular weight is 284 g/mol. The minimum Gasteiger partial charge on any atom is -0.496 e. The normalized spacial score (nSPS) is 13.0. The van der Waals surface area contributed by atoms with Crippen LogP contribution in [-0.4, -0.2) is 12.2 Å². The van der Waals surface area contributed by atoms with Gasteiger partial charge in [-0.05, 0) is 60.2 Å². The maximum atomic E-state index is 9.24. The van der Waals surface area contributed by atoms with Gasteiger partial charge in [-0.15, -0.1) is 0 Å². The Morgan fingerprint density at radius 2 is 1.90 bits per heavy atom. The van der Waals surface area contributed by atoms with Crippen molar-refractivity contribution in [3.05, 3.63) is 58.7 Å². The number of aryl methyl sites for hydroxylation is 2. The van der Waals surface area contributed by atoms with Gasteiger partial charge in [-0.2, -0.15) is 0 Å². The Balaban J connectivity index is 1.75. The highest BCUT2D eigenvalue weighted by atomic mass is 16.5. The predicted octanol–water partition coefficient (Wildman–Crippen LogP) is 3.26. The third kappa shape index (κ3) is 3.03. The lowest BCUT2D eigenvalue weighted by molar-refractivity contribution is 0.278. The molecule has 1 aliphatic rings. The van der Waals surface area contributed by atoms with Gasteiger partial charge in [-0.3, -0.25) is 0 Å². The monoisotopic (exact) mass is 284 g/mol. The molecule has 0 fully saturated rings. The Bertz CT molecular complexity index is 634. The molecule has 0 aliphatic heterocycles. The van der Waals surface area contributed by atoms with Gasteiger partial charge < -0.3 is 14.6 Å². The van der Waals surface area contributed by atoms with Crippen LogP contribution in [0.25, 0.3) is 0 Å². The standard InChI is InChI=1S/C18H20O3/c1-20-18-8-5-13(11-19)9-16(18)12-21-17-7-6-14-3-2-4-15(14)10-17/h5-10,19H,2-4,11-12H2,1H3. The van der Waals surface area contributed by atoms with Crippen LogP contribution in [0, 0.1) is 0 Å². The van der Waals surface area contributed by atoms with E-state index in [-0.39, 0.29) is 6.61 Å². The second kappa shape index (κ2) is 6.19. The van der Waals surface area contributed by atoms with E-state index >= 15 is 0 Å². The van der Waals surface area contributed by atoms with Gasteiger partial charge >= 0.3 is 0 Å². The van der Waals surface area contributed by atoms with Crippen molar-refractivity contribution < 1.29 is 14.6 Å². The fraction of sp³-hybridized carbons (Fsp3) is 0.333. The van der Waals surface area contributed by atoms with E-state index in [1.807, 2.05) is 24.3 Å². The lowest BCUT2D eigenvalue weighted by atomic mass is 10.1. The second-order valence-electron chi connectivity index (χ2n) is 5.38. The summed E-state index contributed by atoms with van der Waals surface area (Å²) < 4.78 is 11.2. The molecule has 0 spiro atoms. The Morgan fingerprint density at radius 3 is 2.71 bits per heavy atom. The van der Waals surface area contributed by atoms with E-state index in [2.05, 4.69) is 12.1 Å². The van der Waals surface area contributed by atoms with Crippen LogP contribution in [-0.2, 0) is 26.1 Å². The van der Waals surface area contributed by atoms with Crippen LogP contribution in [0.4, 0.5) is 0 Å². The number of rotatable bonds is 5. The van der Waals surface area contributed by atoms with Crippen LogP contribution >= 0.6 is 0 Å². The Morgan fingerprint density at radius 1 is 1.05 bits per heavy atom. The van der Waals surface area contributed by atoms with Crippen molar-refractivity contribution >= 4 is 0 Å². The smallest absolute Gasteiger partial charge is 0.125 e. The lowest BCUT2D eigenvalue weighted by Crippen LogP contribution is -2.00. The summed E-state index contributed by atoms with van der Waals surface area (Å²) in [6.45, 7) is 0.464. The highest BCUT2D eigenvalue weighted by Gasteiger charge is 2.12. The molecule has 0 unspecified atom stereocenters. The number of hydrogen-bond acceptors (Lipinski definition) is 3. The first-order chi connectivity index (χ1) is 10.3. The van der Waals surface area contributed by atoms with Crippen LogP contribution < -0.4 is 9.47 Å². The summed E-state index contributed by atoms with van der Waals surface area (Å²) >= 11 is 0. The van der Waals surface area contributed by atoms with Crippen molar-refractivity contribution in [3.63, 3.8) is 0 Å². The molecule has 0 saturated carbocycles. The molecule has 21 heavy (non-hydrogen) atoms. The van der Waals surface area contributed by atoms with Gasteiger partial charge in [0, 0.05) is 5.56 Å². The van der Waals surface area contributed by atoms with Gasteiger partial charge in [0.05, 0.1) is 13.7 Å². The highest BCUT2D eigenvalue weighted by Crippen LogP contribution is 2.27. The van der Waals surface area contributed by atoms with E-state index < -0.39 is 0 Å². The molecule has 110 valence electrons. The average Bonchev–Trinajstić information content (AvgIpc) is 3.00. The first-order valence-electron chi connectivity index (χ1n) is 7.31. The topological polar surface area (TPSA) is 38.7 Å². The summed E-state index contributed by atoms with van der Waals surface area (Å²) in [5, 5.41) is 9.24. The van der Waals surface area contributed by atoms with Crippen molar-refractivity contribution in [3.8, 4) is 11.5 Å². The SMILES string of the molecule is COc1ccc(CO)cc1COc1ccc2c(c1)CCC2. The van der Waals surface area contributed by atoms with Crippen molar-refractivity contribution in [1.82, 2.24) is 0 Å². The number of fused-ring (bicyclic) bond motifs is 1. The lowest BCUT2D eigenvalue weighted by Gasteiger charge is -2.12. The van der Waals surface area contributed by atoms with Crippen molar-refractivity contribution in [2.75, 3.05) is 7.11 Å². The second-order valence-corrected chi connectivity index (χ2v) is 5.38. The van der Waals surface area contributed by atoms with E-state index in [9.17, 15) is 5.11 Å². The minimum absolute atomic E-state index is 0.0237. The summed E-state index contributed by atoms with van der Waals surface area (Å²) in [6, 6.07) is 12.0. The largest absolute Gasteiger partial charge is 0.496 e. The van der Waals surface area contributed by atoms with E-state index in [0.29, 0.717) is 6.61 Å². The molecule has 2 aromatic carbocycles. The molecule has 0 aromatic heterocycles. The van der Waals surface area contributed by atoms with E-state index in [1.165, 1.54) is 24.0 Å². The first-order valence-corrected chi connectivity index (χ1v) is 7.31. The number of aliphatic hydroxyl groups excluding tert-OH is 1. The fourth-order valence-electron chi connectivity index (χ4n) is 2.84. The Kier molecular flexibility index (Phi) is 4.11. The quantitative estimate of drug-likeness (QED) is 0.916. The Labute approximate surface area is 125 Å². The van der Waals surface area contributed by atoms with Gasteiger partial charge in [0.2, 0.25) is 0 Å². The predicted molar refractivity (Wildman–Crippen MR) is 81.7 cm³/mol. The maximum absolute atomic E-state index is 9.24. The number of hydrogen-bond donors (Lipinski definition) is 1. The maximum Gasteiger partial charge on any atom is 0.125 e. The molecule has 0 amide bonds. The van der Waals surface area contributed by atoms with Crippen molar-refractivity contribution in [2.45, 2.75) is 32.5 Å². The minimum atomic E-state index is 0.0237. The molecule has 3 nitrogen and oxygen atoms in total. The summed E-state index contributed by atoms with van der Waals surface area (Å²) in [4.78, 5) is 0. The first kappa shape index (κ1) is 14.0. The molecule has 3 heteroatoms. The number of benzene rings is 2. The summed E-state index contributed by atoms with van der Waals surface area (Å²) in [6.07, 6.45) is 3.57. The van der Waals surface area contributed by atoms with Crippen LogP contribution in [0.15, 0.2) is 36.4 Å². The van der Waals surface area contributed by atoms with Crippen LogP contribution in [0.5, 0.6) is 11.5 Å². The molecule has 0 bridgehead atoms. The van der Waals surface area contributed by atoms with E-state index in [0.717, 1.165) is 29.0 Å². The number of aliphatic hydroxyl groups is 1. The molecule has 0 radical (unpaired) electrons. The molecule has 0 saturated heterocycles. The van der Waals surface area contributed by atoms with Gasteiger partial charge in [0.15, 0.2) is 0 Å². The molecule has 1 N–H and O–H groups in total. The molecular weight excluding hydrogens is 264 g/mol. The summed E-state index contributed by atoms with van der Waals surface area (Å²) in [7, 11) is 1.65. The van der Waals surface area contributed by atoms with Crippen LogP contribution in [0.3, 0.4) is 0 Å². The number of methoxy groups -OCH3 is 1. The molecule has 0 heterocycles. The summed E-state index contributed by atoms with van der Waals surface area (Å²) in [5.41, 5.74) is 4.67. The summed E-state index contributed by atoms with van der Waals surface area (Å²) in [5.74, 6) is 1.68. The van der Waals surface area contributed by atoms with Crippen molar-refractivity contribution in [2.24, 2.45) is 0 Å². The van der Waals surface area contributed by atoms with E-state index in [4.69, 9.17) is 9.47 Å². The Hall–Kier alpha value is -2.00. The zero-order chi connectivity index (χ0) is 14.7. The van der Waals surface area contributed by atoms with Gasteiger partial charge in [0.25, 0.3) is 0 Å². The van der Waals surface area contributed by atoms with Crippen LogP contribution in [0.1, 0.15) is 28.7 Å². The highest BCUT2D eigenvalue weighted by molar-refractivity contribution is 5.40. The number of ether oxygens (including phenoxy) is 2. The van der Waals surface area contributed by atoms with Crippen molar-refractivity contribution in [1.29, 1.82) is 0 Å². The molecule has 0 atom stereocenters. The van der Waals surface area contributed by atoms with Crippen LogP contribution in [0.2, 0.25) is 0 Å². The third-order valence-electron chi connectivity index (χ3n) is 3.99. The van der Waals surface area contributed by atoms with Gasteiger partial charge in [-0.1, -0.05) is 12.1 Å². The molecular formula is C18H20O3. The van der Waals surface area contributed by atoms with Gasteiger partial charge in [0.1, 0.15) is 18.1 Å². The molecule has 2 aromatic rings.